The molecule has 0 aliphatic heterocycles. The van der Waals surface area contributed by atoms with Crippen LogP contribution in [0.15, 0.2) is 18.2 Å². The Bertz CT molecular complexity index is 517. The molecule has 1 amide bonds. The standard InChI is InChI=1S/C15H23N3O3/c1-5-15(6-2,7-3)17-14(19)12-10-11(18(20)21)8-9-13(12)16-4/h8-10,16H,5-7H2,1-4H3,(H,17,19). The van der Waals surface area contributed by atoms with E-state index in [2.05, 4.69) is 10.6 Å². The van der Waals surface area contributed by atoms with Gasteiger partial charge >= 0.3 is 0 Å². The van der Waals surface area contributed by atoms with Crippen LogP contribution in [0.4, 0.5) is 11.4 Å². The highest BCUT2D eigenvalue weighted by Gasteiger charge is 2.27. The molecule has 0 atom stereocenters. The summed E-state index contributed by atoms with van der Waals surface area (Å²) < 4.78 is 0. The zero-order chi connectivity index (χ0) is 16.0. The van der Waals surface area contributed by atoms with Gasteiger partial charge in [0.1, 0.15) is 0 Å². The van der Waals surface area contributed by atoms with Gasteiger partial charge in [-0.25, -0.2) is 0 Å². The van der Waals surface area contributed by atoms with Crippen LogP contribution in [0, 0.1) is 10.1 Å². The molecule has 116 valence electrons. The molecule has 0 spiro atoms. The smallest absolute Gasteiger partial charge is 0.270 e. The average Bonchev–Trinajstić information content (AvgIpc) is 2.51. The molecule has 6 heteroatoms. The lowest BCUT2D eigenvalue weighted by molar-refractivity contribution is -0.384. The van der Waals surface area contributed by atoms with Gasteiger partial charge in [-0.2, -0.15) is 0 Å². The van der Waals surface area contributed by atoms with E-state index in [0.717, 1.165) is 19.3 Å². The van der Waals surface area contributed by atoms with Crippen molar-refractivity contribution in [1.82, 2.24) is 5.32 Å². The minimum atomic E-state index is -0.497. The molecular formula is C15H23N3O3. The highest BCUT2D eigenvalue weighted by molar-refractivity contribution is 6.00. The van der Waals surface area contributed by atoms with Gasteiger partial charge in [-0.05, 0) is 25.3 Å². The van der Waals surface area contributed by atoms with Gasteiger partial charge in [0.05, 0.1) is 10.5 Å². The molecule has 0 aliphatic rings. The normalized spacial score (nSPS) is 11.0. The Morgan fingerprint density at radius 1 is 1.24 bits per heavy atom. The van der Waals surface area contributed by atoms with Crippen molar-refractivity contribution in [1.29, 1.82) is 0 Å². The number of nitrogens with one attached hydrogen (secondary N) is 2. The van der Waals surface area contributed by atoms with Crippen LogP contribution in [0.2, 0.25) is 0 Å². The summed E-state index contributed by atoms with van der Waals surface area (Å²) >= 11 is 0. The Morgan fingerprint density at radius 3 is 2.24 bits per heavy atom. The number of non-ortho nitro benzene ring substituents is 1. The molecule has 1 aromatic rings. The van der Waals surface area contributed by atoms with Gasteiger partial charge < -0.3 is 10.6 Å². The van der Waals surface area contributed by atoms with Crippen molar-refractivity contribution in [2.45, 2.75) is 45.6 Å². The first-order valence-electron chi connectivity index (χ1n) is 7.21. The van der Waals surface area contributed by atoms with Crippen LogP contribution in [-0.4, -0.2) is 23.4 Å². The van der Waals surface area contributed by atoms with Crippen molar-refractivity contribution in [3.8, 4) is 0 Å². The minimum Gasteiger partial charge on any atom is -0.387 e. The summed E-state index contributed by atoms with van der Waals surface area (Å²) in [7, 11) is 1.69. The molecule has 0 aliphatic carbocycles. The fraction of sp³-hybridized carbons (Fsp3) is 0.533. The van der Waals surface area contributed by atoms with Crippen LogP contribution in [0.1, 0.15) is 50.4 Å². The molecule has 1 aromatic carbocycles. The summed E-state index contributed by atoms with van der Waals surface area (Å²) in [6, 6.07) is 4.25. The molecule has 0 unspecified atom stereocenters. The number of anilines is 1. The molecule has 0 heterocycles. The first-order chi connectivity index (χ1) is 9.92. The zero-order valence-corrected chi connectivity index (χ0v) is 13.0. The number of carbonyl (C=O) groups excluding carboxylic acids is 1. The number of nitro groups is 1. The molecule has 0 aromatic heterocycles. The summed E-state index contributed by atoms with van der Waals surface area (Å²) in [5.41, 5.74) is 0.517. The maximum atomic E-state index is 12.5. The van der Waals surface area contributed by atoms with E-state index in [0.29, 0.717) is 11.3 Å². The molecule has 0 saturated heterocycles. The predicted octanol–water partition coefficient (Wildman–Crippen LogP) is 3.34. The molecule has 21 heavy (non-hydrogen) atoms. The van der Waals surface area contributed by atoms with Crippen LogP contribution >= 0.6 is 0 Å². The second kappa shape index (κ2) is 7.06. The Morgan fingerprint density at radius 2 is 1.81 bits per heavy atom. The largest absolute Gasteiger partial charge is 0.387 e. The fourth-order valence-corrected chi connectivity index (χ4v) is 2.37. The number of nitro benzene ring substituents is 1. The Hall–Kier alpha value is -2.11. The van der Waals surface area contributed by atoms with E-state index in [1.165, 1.54) is 12.1 Å². The quantitative estimate of drug-likeness (QED) is 0.596. The molecule has 6 nitrogen and oxygen atoms in total. The average molecular weight is 293 g/mol. The maximum absolute atomic E-state index is 12.5. The van der Waals surface area contributed by atoms with E-state index < -0.39 is 4.92 Å². The first kappa shape index (κ1) is 16.9. The van der Waals surface area contributed by atoms with Crippen LogP contribution in [0.25, 0.3) is 0 Å². The topological polar surface area (TPSA) is 84.3 Å². The lowest BCUT2D eigenvalue weighted by Crippen LogP contribution is -2.47. The summed E-state index contributed by atoms with van der Waals surface area (Å²) in [5, 5.41) is 16.8. The highest BCUT2D eigenvalue weighted by atomic mass is 16.6. The van der Waals surface area contributed by atoms with E-state index in [-0.39, 0.29) is 17.1 Å². The molecule has 1 rings (SSSR count). The second-order valence-electron chi connectivity index (χ2n) is 5.03. The molecule has 2 N–H and O–H groups in total. The summed E-state index contributed by atoms with van der Waals surface area (Å²) in [6.45, 7) is 6.08. The number of carbonyl (C=O) groups is 1. The molecule has 0 saturated carbocycles. The number of rotatable bonds is 7. The Kier molecular flexibility index (Phi) is 5.69. The number of amides is 1. The lowest BCUT2D eigenvalue weighted by atomic mass is 9.89. The van der Waals surface area contributed by atoms with Crippen LogP contribution < -0.4 is 10.6 Å². The van der Waals surface area contributed by atoms with Crippen molar-refractivity contribution >= 4 is 17.3 Å². The third kappa shape index (κ3) is 3.71. The lowest BCUT2D eigenvalue weighted by Gasteiger charge is -2.32. The van der Waals surface area contributed by atoms with E-state index >= 15 is 0 Å². The third-order valence-electron chi connectivity index (χ3n) is 4.14. The maximum Gasteiger partial charge on any atom is 0.270 e. The SMILES string of the molecule is CCC(CC)(CC)NC(=O)c1cc([N+](=O)[O-])ccc1NC. The summed E-state index contributed by atoms with van der Waals surface area (Å²) in [5.74, 6) is -0.284. The van der Waals surface area contributed by atoms with E-state index in [4.69, 9.17) is 0 Å². The van der Waals surface area contributed by atoms with Gasteiger partial charge in [0.2, 0.25) is 0 Å². The van der Waals surface area contributed by atoms with E-state index in [1.807, 2.05) is 20.8 Å². The number of nitrogens with zero attached hydrogens (tertiary/aromatic N) is 1. The minimum absolute atomic E-state index is 0.0887. The van der Waals surface area contributed by atoms with Crippen molar-refractivity contribution in [2.75, 3.05) is 12.4 Å². The molecule has 0 bridgehead atoms. The van der Waals surface area contributed by atoms with Gasteiger partial charge in [-0.1, -0.05) is 20.8 Å². The van der Waals surface area contributed by atoms with Gasteiger partial charge in [0.15, 0.2) is 0 Å². The highest BCUT2D eigenvalue weighted by Crippen LogP contribution is 2.25. The zero-order valence-electron chi connectivity index (χ0n) is 13.0. The number of benzene rings is 1. The third-order valence-corrected chi connectivity index (χ3v) is 4.14. The van der Waals surface area contributed by atoms with Crippen LogP contribution in [0.5, 0.6) is 0 Å². The molecule has 0 fully saturated rings. The van der Waals surface area contributed by atoms with Crippen LogP contribution in [-0.2, 0) is 0 Å². The van der Waals surface area contributed by atoms with E-state index in [9.17, 15) is 14.9 Å². The van der Waals surface area contributed by atoms with Gasteiger partial charge in [0, 0.05) is 30.4 Å². The fourth-order valence-electron chi connectivity index (χ4n) is 2.37. The molecule has 0 radical (unpaired) electrons. The monoisotopic (exact) mass is 293 g/mol. The van der Waals surface area contributed by atoms with Crippen molar-refractivity contribution in [3.05, 3.63) is 33.9 Å². The number of hydrogen-bond acceptors (Lipinski definition) is 4. The Balaban J connectivity index is 3.16. The predicted molar refractivity (Wildman–Crippen MR) is 83.7 cm³/mol. The summed E-state index contributed by atoms with van der Waals surface area (Å²) in [4.78, 5) is 22.9. The number of hydrogen-bond donors (Lipinski definition) is 2. The Labute approximate surface area is 125 Å². The van der Waals surface area contributed by atoms with Gasteiger partial charge in [0.25, 0.3) is 11.6 Å². The summed E-state index contributed by atoms with van der Waals surface area (Å²) in [6.07, 6.45) is 2.45. The van der Waals surface area contributed by atoms with Gasteiger partial charge in [-0.3, -0.25) is 14.9 Å². The van der Waals surface area contributed by atoms with Crippen molar-refractivity contribution < 1.29 is 9.72 Å². The van der Waals surface area contributed by atoms with E-state index in [1.54, 1.807) is 13.1 Å². The van der Waals surface area contributed by atoms with Crippen molar-refractivity contribution in [2.24, 2.45) is 0 Å². The van der Waals surface area contributed by atoms with Gasteiger partial charge in [-0.15, -0.1) is 0 Å². The van der Waals surface area contributed by atoms with Crippen molar-refractivity contribution in [3.63, 3.8) is 0 Å². The van der Waals surface area contributed by atoms with Crippen LogP contribution in [0.3, 0.4) is 0 Å². The first-order valence-corrected chi connectivity index (χ1v) is 7.21. The molecular weight excluding hydrogens is 270 g/mol. The second-order valence-corrected chi connectivity index (χ2v) is 5.03.